The fourth-order valence-corrected chi connectivity index (χ4v) is 3.07. The van der Waals surface area contributed by atoms with Gasteiger partial charge in [-0.3, -0.25) is 9.59 Å². The van der Waals surface area contributed by atoms with Crippen LogP contribution >= 0.6 is 0 Å². The van der Waals surface area contributed by atoms with Gasteiger partial charge < -0.3 is 10.6 Å². The van der Waals surface area contributed by atoms with Crippen LogP contribution in [0.2, 0.25) is 0 Å². The van der Waals surface area contributed by atoms with Crippen molar-refractivity contribution in [2.24, 2.45) is 0 Å². The number of carbonyl (C=O) groups is 2. The molecule has 0 radical (unpaired) electrons. The molecule has 31 heavy (non-hydrogen) atoms. The first-order chi connectivity index (χ1) is 15.1. The van der Waals surface area contributed by atoms with Crippen molar-refractivity contribution in [3.63, 3.8) is 0 Å². The van der Waals surface area contributed by atoms with Crippen LogP contribution in [-0.2, 0) is 4.79 Å². The number of carbonyl (C=O) groups excluding carboxylic acids is 2. The maximum Gasteiger partial charge on any atom is 0.255 e. The molecule has 3 aromatic carbocycles. The molecule has 0 saturated heterocycles. The number of rotatable bonds is 6. The van der Waals surface area contributed by atoms with Gasteiger partial charge in [0.2, 0.25) is 5.91 Å². The Hall–Kier alpha value is -4.26. The monoisotopic (exact) mass is 411 g/mol. The van der Waals surface area contributed by atoms with Gasteiger partial charge >= 0.3 is 0 Å². The van der Waals surface area contributed by atoms with Crippen LogP contribution in [0.3, 0.4) is 0 Å². The van der Waals surface area contributed by atoms with E-state index in [0.29, 0.717) is 16.9 Å². The van der Waals surface area contributed by atoms with Crippen molar-refractivity contribution < 1.29 is 9.59 Å². The van der Waals surface area contributed by atoms with Gasteiger partial charge in [-0.1, -0.05) is 42.5 Å². The maximum atomic E-state index is 12.5. The minimum atomic E-state index is -0.485. The van der Waals surface area contributed by atoms with Crippen molar-refractivity contribution in [3.8, 4) is 11.1 Å². The number of hydrogen-bond acceptors (Lipinski definition) is 4. The van der Waals surface area contributed by atoms with Crippen LogP contribution in [0, 0.1) is 0 Å². The van der Waals surface area contributed by atoms with E-state index >= 15 is 0 Å². The molecule has 0 aliphatic carbocycles. The van der Waals surface area contributed by atoms with E-state index in [0.717, 1.165) is 11.1 Å². The molecule has 7 nitrogen and oxygen atoms in total. The van der Waals surface area contributed by atoms with Crippen LogP contribution in [0.15, 0.2) is 91.5 Å². The van der Waals surface area contributed by atoms with Gasteiger partial charge in [-0.2, -0.15) is 5.10 Å². The van der Waals surface area contributed by atoms with Crippen molar-refractivity contribution in [2.75, 3.05) is 10.6 Å². The Labute approximate surface area is 179 Å². The fraction of sp³-hybridized carbons (Fsp3) is 0.0833. The Morgan fingerprint density at radius 3 is 2.03 bits per heavy atom. The molecule has 0 aliphatic heterocycles. The molecule has 0 aliphatic rings. The SMILES string of the molecule is CC(C(=O)Nc1ccc(NC(=O)c2ccc(-c3ccccc3)cc2)cc1)n1cncn1. The first-order valence-corrected chi connectivity index (χ1v) is 9.82. The van der Waals surface area contributed by atoms with Gasteiger partial charge in [-0.25, -0.2) is 9.67 Å². The third-order valence-corrected chi connectivity index (χ3v) is 4.88. The zero-order chi connectivity index (χ0) is 21.6. The zero-order valence-corrected chi connectivity index (χ0v) is 16.9. The zero-order valence-electron chi connectivity index (χ0n) is 16.9. The molecule has 4 rings (SSSR count). The van der Waals surface area contributed by atoms with Gasteiger partial charge in [0, 0.05) is 16.9 Å². The summed E-state index contributed by atoms with van der Waals surface area (Å²) in [4.78, 5) is 28.7. The Bertz CT molecular complexity index is 1160. The van der Waals surface area contributed by atoms with Crippen molar-refractivity contribution >= 4 is 23.2 Å². The summed E-state index contributed by atoms with van der Waals surface area (Å²) in [6, 6.07) is 23.9. The van der Waals surface area contributed by atoms with Gasteiger partial charge in [-0.05, 0) is 54.4 Å². The molecule has 1 heterocycles. The van der Waals surface area contributed by atoms with E-state index in [-0.39, 0.29) is 11.8 Å². The van der Waals surface area contributed by atoms with Crippen LogP contribution in [0.4, 0.5) is 11.4 Å². The molecular formula is C24H21N5O2. The number of nitrogens with one attached hydrogen (secondary N) is 2. The van der Waals surface area contributed by atoms with Crippen LogP contribution in [0.25, 0.3) is 11.1 Å². The lowest BCUT2D eigenvalue weighted by atomic mass is 10.0. The summed E-state index contributed by atoms with van der Waals surface area (Å²) < 4.78 is 1.48. The third kappa shape index (κ3) is 4.84. The molecule has 0 fully saturated rings. The summed E-state index contributed by atoms with van der Waals surface area (Å²) in [5.74, 6) is -0.406. The molecule has 0 bridgehead atoms. The summed E-state index contributed by atoms with van der Waals surface area (Å²) in [7, 11) is 0. The van der Waals surface area contributed by atoms with Crippen LogP contribution < -0.4 is 10.6 Å². The molecule has 1 atom stereocenters. The lowest BCUT2D eigenvalue weighted by Crippen LogP contribution is -2.24. The highest BCUT2D eigenvalue weighted by atomic mass is 16.2. The molecule has 4 aromatic rings. The Morgan fingerprint density at radius 1 is 0.806 bits per heavy atom. The molecular weight excluding hydrogens is 390 g/mol. The molecule has 1 unspecified atom stereocenters. The predicted octanol–water partition coefficient (Wildman–Crippen LogP) is 4.40. The normalized spacial score (nSPS) is 11.5. The Balaban J connectivity index is 1.36. The molecule has 2 amide bonds. The first kappa shape index (κ1) is 20.0. The summed E-state index contributed by atoms with van der Waals surface area (Å²) >= 11 is 0. The largest absolute Gasteiger partial charge is 0.324 e. The lowest BCUT2D eigenvalue weighted by Gasteiger charge is -2.12. The molecule has 0 saturated carbocycles. The van der Waals surface area contributed by atoms with E-state index in [1.165, 1.54) is 17.3 Å². The van der Waals surface area contributed by atoms with E-state index in [1.54, 1.807) is 43.3 Å². The standard InChI is InChI=1S/C24H21N5O2/c1-17(29-16-25-15-26-29)23(30)27-21-11-13-22(14-12-21)28-24(31)20-9-7-19(8-10-20)18-5-3-2-4-6-18/h2-17H,1H3,(H,27,30)(H,28,31). The lowest BCUT2D eigenvalue weighted by molar-refractivity contribution is -0.119. The number of hydrogen-bond donors (Lipinski definition) is 2. The minimum Gasteiger partial charge on any atom is -0.324 e. The van der Waals surface area contributed by atoms with E-state index < -0.39 is 6.04 Å². The van der Waals surface area contributed by atoms with Crippen molar-refractivity contribution in [1.29, 1.82) is 0 Å². The average molecular weight is 411 g/mol. The van der Waals surface area contributed by atoms with Gasteiger partial charge in [-0.15, -0.1) is 0 Å². The number of aromatic nitrogens is 3. The summed E-state index contributed by atoms with van der Waals surface area (Å²) in [5, 5.41) is 9.67. The summed E-state index contributed by atoms with van der Waals surface area (Å²) in [6.07, 6.45) is 2.88. The molecule has 7 heteroatoms. The minimum absolute atomic E-state index is 0.198. The second-order valence-electron chi connectivity index (χ2n) is 7.02. The summed E-state index contributed by atoms with van der Waals surface area (Å²) in [5.41, 5.74) is 3.99. The Morgan fingerprint density at radius 2 is 1.42 bits per heavy atom. The topological polar surface area (TPSA) is 88.9 Å². The van der Waals surface area contributed by atoms with E-state index in [2.05, 4.69) is 20.7 Å². The second-order valence-corrected chi connectivity index (χ2v) is 7.02. The van der Waals surface area contributed by atoms with Gasteiger partial charge in [0.25, 0.3) is 5.91 Å². The number of benzene rings is 3. The quantitative estimate of drug-likeness (QED) is 0.492. The van der Waals surface area contributed by atoms with Crippen LogP contribution in [0.5, 0.6) is 0 Å². The highest BCUT2D eigenvalue weighted by Gasteiger charge is 2.15. The van der Waals surface area contributed by atoms with Gasteiger partial charge in [0.1, 0.15) is 18.7 Å². The fourth-order valence-electron chi connectivity index (χ4n) is 3.07. The van der Waals surface area contributed by atoms with Crippen molar-refractivity contribution in [2.45, 2.75) is 13.0 Å². The molecule has 154 valence electrons. The van der Waals surface area contributed by atoms with E-state index in [1.807, 2.05) is 42.5 Å². The molecule has 2 N–H and O–H groups in total. The predicted molar refractivity (Wildman–Crippen MR) is 120 cm³/mol. The smallest absolute Gasteiger partial charge is 0.255 e. The number of nitrogens with zero attached hydrogens (tertiary/aromatic N) is 3. The highest BCUT2D eigenvalue weighted by molar-refractivity contribution is 6.04. The van der Waals surface area contributed by atoms with Crippen molar-refractivity contribution in [1.82, 2.24) is 14.8 Å². The number of amides is 2. The van der Waals surface area contributed by atoms with E-state index in [4.69, 9.17) is 0 Å². The maximum absolute atomic E-state index is 12.5. The molecule has 0 spiro atoms. The van der Waals surface area contributed by atoms with Crippen molar-refractivity contribution in [3.05, 3.63) is 97.1 Å². The molecule has 1 aromatic heterocycles. The van der Waals surface area contributed by atoms with Crippen LogP contribution in [-0.4, -0.2) is 26.6 Å². The first-order valence-electron chi connectivity index (χ1n) is 9.82. The van der Waals surface area contributed by atoms with Gasteiger partial charge in [0.05, 0.1) is 0 Å². The van der Waals surface area contributed by atoms with Gasteiger partial charge in [0.15, 0.2) is 0 Å². The number of anilines is 2. The highest BCUT2D eigenvalue weighted by Crippen LogP contribution is 2.20. The Kier molecular flexibility index (Phi) is 5.84. The summed E-state index contributed by atoms with van der Waals surface area (Å²) in [6.45, 7) is 1.74. The van der Waals surface area contributed by atoms with Crippen LogP contribution in [0.1, 0.15) is 23.3 Å². The second kappa shape index (κ2) is 9.04. The average Bonchev–Trinajstić information content (AvgIpc) is 3.35. The third-order valence-electron chi connectivity index (χ3n) is 4.88. The van der Waals surface area contributed by atoms with E-state index in [9.17, 15) is 9.59 Å².